The van der Waals surface area contributed by atoms with Gasteiger partial charge in [0.25, 0.3) is 0 Å². The smallest absolute Gasteiger partial charge is 0.124 e. The van der Waals surface area contributed by atoms with Crippen LogP contribution in [0.4, 0.5) is 0 Å². The summed E-state index contributed by atoms with van der Waals surface area (Å²) in [6.07, 6.45) is 4.19. The van der Waals surface area contributed by atoms with E-state index in [-0.39, 0.29) is 6.10 Å². The molecular weight excluding hydrogens is 234 g/mol. The maximum atomic E-state index is 5.91. The van der Waals surface area contributed by atoms with Crippen molar-refractivity contribution in [2.75, 3.05) is 0 Å². The van der Waals surface area contributed by atoms with E-state index in [0.29, 0.717) is 12.1 Å². The molecule has 0 spiro atoms. The number of benzene rings is 1. The third-order valence-electron chi connectivity index (χ3n) is 3.93. The Kier molecular flexibility index (Phi) is 4.87. The molecule has 19 heavy (non-hydrogen) atoms. The zero-order valence-electron chi connectivity index (χ0n) is 12.6. The topological polar surface area (TPSA) is 21.3 Å². The molecule has 1 aliphatic rings. The molecule has 1 N–H and O–H groups in total. The Morgan fingerprint density at radius 1 is 1.16 bits per heavy atom. The van der Waals surface area contributed by atoms with Crippen LogP contribution in [0.2, 0.25) is 0 Å². The predicted octanol–water partition coefficient (Wildman–Crippen LogP) is 4.31. The highest BCUT2D eigenvalue weighted by molar-refractivity contribution is 5.35. The average Bonchev–Trinajstić information content (AvgIpc) is 2.74. The first-order valence-electron chi connectivity index (χ1n) is 7.58. The van der Waals surface area contributed by atoms with E-state index in [9.17, 15) is 0 Å². The van der Waals surface area contributed by atoms with Crippen molar-refractivity contribution in [3.63, 3.8) is 0 Å². The standard InChI is InChI=1S/C17H27NO/c1-12(2)19-17-8-6-5-7-16(17)14(4)18-15-10-9-13(3)11-15/h5-8,12-15,18H,9-11H2,1-4H3. The Morgan fingerprint density at radius 3 is 2.53 bits per heavy atom. The second-order valence-electron chi connectivity index (χ2n) is 6.21. The van der Waals surface area contributed by atoms with Crippen LogP contribution in [0.5, 0.6) is 5.75 Å². The van der Waals surface area contributed by atoms with Crippen LogP contribution in [0.3, 0.4) is 0 Å². The molecule has 0 amide bonds. The zero-order valence-corrected chi connectivity index (χ0v) is 12.6. The molecule has 1 aromatic carbocycles. The summed E-state index contributed by atoms with van der Waals surface area (Å²) < 4.78 is 5.91. The van der Waals surface area contributed by atoms with Gasteiger partial charge in [0.05, 0.1) is 6.10 Å². The summed E-state index contributed by atoms with van der Waals surface area (Å²) in [5.74, 6) is 1.88. The number of nitrogens with one attached hydrogen (secondary N) is 1. The second-order valence-corrected chi connectivity index (χ2v) is 6.21. The Balaban J connectivity index is 2.03. The van der Waals surface area contributed by atoms with Crippen molar-refractivity contribution in [2.24, 2.45) is 5.92 Å². The molecule has 1 fully saturated rings. The minimum atomic E-state index is 0.222. The first-order valence-corrected chi connectivity index (χ1v) is 7.58. The third-order valence-corrected chi connectivity index (χ3v) is 3.93. The van der Waals surface area contributed by atoms with Crippen molar-refractivity contribution in [1.29, 1.82) is 0 Å². The molecule has 0 heterocycles. The molecule has 0 saturated heterocycles. The van der Waals surface area contributed by atoms with E-state index >= 15 is 0 Å². The van der Waals surface area contributed by atoms with E-state index in [0.717, 1.165) is 11.7 Å². The van der Waals surface area contributed by atoms with Gasteiger partial charge in [-0.1, -0.05) is 25.1 Å². The Morgan fingerprint density at radius 2 is 1.89 bits per heavy atom. The van der Waals surface area contributed by atoms with Gasteiger partial charge in [-0.05, 0) is 52.0 Å². The Bertz CT molecular complexity index is 402. The van der Waals surface area contributed by atoms with E-state index in [2.05, 4.69) is 51.2 Å². The molecule has 106 valence electrons. The molecule has 3 unspecified atom stereocenters. The minimum absolute atomic E-state index is 0.222. The fourth-order valence-corrected chi connectivity index (χ4v) is 3.00. The first-order chi connectivity index (χ1) is 9.06. The van der Waals surface area contributed by atoms with Crippen molar-refractivity contribution < 1.29 is 4.74 Å². The number of rotatable bonds is 5. The van der Waals surface area contributed by atoms with Gasteiger partial charge in [-0.3, -0.25) is 0 Å². The lowest BCUT2D eigenvalue weighted by Gasteiger charge is -2.23. The fraction of sp³-hybridized carbons (Fsp3) is 0.647. The molecule has 1 saturated carbocycles. The van der Waals surface area contributed by atoms with Gasteiger partial charge >= 0.3 is 0 Å². The molecule has 0 bridgehead atoms. The molecule has 2 rings (SSSR count). The zero-order chi connectivity index (χ0) is 13.8. The maximum absolute atomic E-state index is 5.91. The van der Waals surface area contributed by atoms with Crippen molar-refractivity contribution in [3.05, 3.63) is 29.8 Å². The molecule has 0 aromatic heterocycles. The normalized spacial score (nSPS) is 24.7. The minimum Gasteiger partial charge on any atom is -0.491 e. The van der Waals surface area contributed by atoms with Crippen molar-refractivity contribution in [1.82, 2.24) is 5.32 Å². The molecule has 1 aliphatic carbocycles. The van der Waals surface area contributed by atoms with Gasteiger partial charge in [0.1, 0.15) is 5.75 Å². The molecule has 3 atom stereocenters. The van der Waals surface area contributed by atoms with Crippen LogP contribution >= 0.6 is 0 Å². The number of hydrogen-bond donors (Lipinski definition) is 1. The molecule has 1 aromatic rings. The first kappa shape index (κ1) is 14.4. The Labute approximate surface area is 117 Å². The van der Waals surface area contributed by atoms with Gasteiger partial charge in [0.15, 0.2) is 0 Å². The van der Waals surface area contributed by atoms with Crippen LogP contribution in [-0.2, 0) is 0 Å². The molecule has 2 heteroatoms. The summed E-state index contributed by atoms with van der Waals surface area (Å²) >= 11 is 0. The summed E-state index contributed by atoms with van der Waals surface area (Å²) in [6.45, 7) is 8.74. The van der Waals surface area contributed by atoms with Gasteiger partial charge in [-0.2, -0.15) is 0 Å². The number of para-hydroxylation sites is 1. The summed E-state index contributed by atoms with van der Waals surface area (Å²) in [5.41, 5.74) is 1.27. The van der Waals surface area contributed by atoms with Crippen LogP contribution < -0.4 is 10.1 Å². The highest BCUT2D eigenvalue weighted by Crippen LogP contribution is 2.30. The Hall–Kier alpha value is -1.02. The lowest BCUT2D eigenvalue weighted by Crippen LogP contribution is -2.29. The summed E-state index contributed by atoms with van der Waals surface area (Å²) in [7, 11) is 0. The quantitative estimate of drug-likeness (QED) is 0.852. The summed E-state index contributed by atoms with van der Waals surface area (Å²) in [5, 5.41) is 3.76. The van der Waals surface area contributed by atoms with E-state index in [4.69, 9.17) is 4.74 Å². The highest BCUT2D eigenvalue weighted by Gasteiger charge is 2.23. The highest BCUT2D eigenvalue weighted by atomic mass is 16.5. The van der Waals surface area contributed by atoms with Crippen LogP contribution in [-0.4, -0.2) is 12.1 Å². The molecule has 0 radical (unpaired) electrons. The number of hydrogen-bond acceptors (Lipinski definition) is 2. The third kappa shape index (κ3) is 3.97. The summed E-state index contributed by atoms with van der Waals surface area (Å²) in [6, 6.07) is 9.41. The SMILES string of the molecule is CC1CCC(NC(C)c2ccccc2OC(C)C)C1. The lowest BCUT2D eigenvalue weighted by molar-refractivity contribution is 0.237. The fourth-order valence-electron chi connectivity index (χ4n) is 3.00. The van der Waals surface area contributed by atoms with E-state index in [1.807, 2.05) is 6.07 Å². The average molecular weight is 261 g/mol. The molecular formula is C17H27NO. The molecule has 2 nitrogen and oxygen atoms in total. The van der Waals surface area contributed by atoms with Gasteiger partial charge < -0.3 is 10.1 Å². The van der Waals surface area contributed by atoms with E-state index < -0.39 is 0 Å². The van der Waals surface area contributed by atoms with Crippen LogP contribution in [0, 0.1) is 5.92 Å². The largest absolute Gasteiger partial charge is 0.491 e. The van der Waals surface area contributed by atoms with E-state index in [1.165, 1.54) is 24.8 Å². The van der Waals surface area contributed by atoms with Gasteiger partial charge in [-0.15, -0.1) is 0 Å². The van der Waals surface area contributed by atoms with Gasteiger partial charge in [0, 0.05) is 17.6 Å². The predicted molar refractivity (Wildman–Crippen MR) is 80.6 cm³/mol. The van der Waals surface area contributed by atoms with Crippen LogP contribution in [0.25, 0.3) is 0 Å². The maximum Gasteiger partial charge on any atom is 0.124 e. The van der Waals surface area contributed by atoms with E-state index in [1.54, 1.807) is 0 Å². The lowest BCUT2D eigenvalue weighted by atomic mass is 10.1. The van der Waals surface area contributed by atoms with Crippen molar-refractivity contribution in [2.45, 2.75) is 65.1 Å². The van der Waals surface area contributed by atoms with Crippen molar-refractivity contribution in [3.8, 4) is 5.75 Å². The second kappa shape index (κ2) is 6.42. The number of ether oxygens (including phenoxy) is 1. The van der Waals surface area contributed by atoms with Crippen LogP contribution in [0.1, 0.15) is 58.6 Å². The molecule has 0 aliphatic heterocycles. The summed E-state index contributed by atoms with van der Waals surface area (Å²) in [4.78, 5) is 0. The van der Waals surface area contributed by atoms with Crippen molar-refractivity contribution >= 4 is 0 Å². The van der Waals surface area contributed by atoms with Crippen LogP contribution in [0.15, 0.2) is 24.3 Å². The van der Waals surface area contributed by atoms with Gasteiger partial charge in [0.2, 0.25) is 0 Å². The monoisotopic (exact) mass is 261 g/mol. The van der Waals surface area contributed by atoms with Gasteiger partial charge in [-0.25, -0.2) is 0 Å².